The quantitative estimate of drug-likeness (QED) is 0.489. The van der Waals surface area contributed by atoms with Crippen molar-refractivity contribution in [1.82, 2.24) is 9.97 Å². The summed E-state index contributed by atoms with van der Waals surface area (Å²) < 4.78 is 0. The Hall–Kier alpha value is -1.82. The Morgan fingerprint density at radius 1 is 0.920 bits per heavy atom. The molecule has 1 fully saturated rings. The predicted molar refractivity (Wildman–Crippen MR) is 96.8 cm³/mol. The molecule has 0 aliphatic carbocycles. The molecule has 0 atom stereocenters. The lowest BCUT2D eigenvalue weighted by Gasteiger charge is -2.26. The number of nitrogens with zero attached hydrogens (tertiary/aromatic N) is 3. The molecule has 1 aliphatic heterocycles. The van der Waals surface area contributed by atoms with Crippen molar-refractivity contribution in [3.05, 3.63) is 18.0 Å². The van der Waals surface area contributed by atoms with E-state index in [1.807, 2.05) is 0 Å². The van der Waals surface area contributed by atoms with Gasteiger partial charge in [0.05, 0.1) is 5.56 Å². The SMILES string of the molecule is O=C(CO)CCCCCCCC(=O)c1cnc(N2CCCCC2)nc1. The summed E-state index contributed by atoms with van der Waals surface area (Å²) in [6.45, 7) is 1.64. The Bertz CT molecular complexity index is 539. The van der Waals surface area contributed by atoms with Crippen molar-refractivity contribution in [2.75, 3.05) is 24.6 Å². The van der Waals surface area contributed by atoms with Crippen LogP contribution >= 0.6 is 0 Å². The first-order valence-corrected chi connectivity index (χ1v) is 9.43. The van der Waals surface area contributed by atoms with Crippen molar-refractivity contribution < 1.29 is 14.7 Å². The van der Waals surface area contributed by atoms with Crippen LogP contribution in [0.2, 0.25) is 0 Å². The van der Waals surface area contributed by atoms with Crippen molar-refractivity contribution in [3.8, 4) is 0 Å². The number of hydrogen-bond acceptors (Lipinski definition) is 6. The van der Waals surface area contributed by atoms with E-state index in [0.29, 0.717) is 18.4 Å². The molecule has 0 radical (unpaired) electrons. The highest BCUT2D eigenvalue weighted by atomic mass is 16.3. The van der Waals surface area contributed by atoms with Gasteiger partial charge in [0.1, 0.15) is 6.61 Å². The zero-order valence-corrected chi connectivity index (χ0v) is 15.0. The third-order valence-corrected chi connectivity index (χ3v) is 4.63. The molecule has 2 heterocycles. The number of aliphatic hydroxyl groups is 1. The third-order valence-electron chi connectivity index (χ3n) is 4.63. The second kappa shape index (κ2) is 10.9. The van der Waals surface area contributed by atoms with E-state index in [-0.39, 0.29) is 18.2 Å². The number of unbranched alkanes of at least 4 members (excludes halogenated alkanes) is 4. The number of aliphatic hydroxyl groups excluding tert-OH is 1. The van der Waals surface area contributed by atoms with Crippen molar-refractivity contribution in [1.29, 1.82) is 0 Å². The van der Waals surface area contributed by atoms with Crippen LogP contribution in [0.15, 0.2) is 12.4 Å². The first-order chi connectivity index (χ1) is 12.2. The van der Waals surface area contributed by atoms with Gasteiger partial charge in [0.2, 0.25) is 5.95 Å². The fraction of sp³-hybridized carbons (Fsp3) is 0.684. The van der Waals surface area contributed by atoms with Gasteiger partial charge in [-0.15, -0.1) is 0 Å². The van der Waals surface area contributed by atoms with Gasteiger partial charge in [0.25, 0.3) is 0 Å². The van der Waals surface area contributed by atoms with E-state index in [9.17, 15) is 9.59 Å². The highest BCUT2D eigenvalue weighted by Gasteiger charge is 2.14. The molecule has 1 saturated heterocycles. The molecule has 0 bridgehead atoms. The van der Waals surface area contributed by atoms with Gasteiger partial charge in [0.15, 0.2) is 11.6 Å². The Morgan fingerprint density at radius 3 is 2.16 bits per heavy atom. The van der Waals surface area contributed by atoms with Crippen molar-refractivity contribution >= 4 is 17.5 Å². The molecule has 0 saturated carbocycles. The maximum Gasteiger partial charge on any atom is 0.225 e. The van der Waals surface area contributed by atoms with Gasteiger partial charge >= 0.3 is 0 Å². The van der Waals surface area contributed by atoms with Gasteiger partial charge in [-0.3, -0.25) is 9.59 Å². The lowest BCUT2D eigenvalue weighted by molar-refractivity contribution is -0.121. The Morgan fingerprint density at radius 2 is 1.52 bits per heavy atom. The number of aromatic nitrogens is 2. The monoisotopic (exact) mass is 347 g/mol. The van der Waals surface area contributed by atoms with Gasteiger partial charge < -0.3 is 10.0 Å². The second-order valence-corrected chi connectivity index (χ2v) is 6.71. The fourth-order valence-corrected chi connectivity index (χ4v) is 3.08. The van der Waals surface area contributed by atoms with Crippen LogP contribution in [0.5, 0.6) is 0 Å². The normalized spacial score (nSPS) is 14.5. The molecular formula is C19H29N3O3. The Kier molecular flexibility index (Phi) is 8.52. The molecule has 1 N–H and O–H groups in total. The van der Waals surface area contributed by atoms with Crippen LogP contribution in [0.4, 0.5) is 5.95 Å². The summed E-state index contributed by atoms with van der Waals surface area (Å²) in [5.74, 6) is 0.734. The van der Waals surface area contributed by atoms with Crippen molar-refractivity contribution in [2.24, 2.45) is 0 Å². The average molecular weight is 347 g/mol. The molecular weight excluding hydrogens is 318 g/mol. The van der Waals surface area contributed by atoms with Gasteiger partial charge in [-0.25, -0.2) is 9.97 Å². The lowest BCUT2D eigenvalue weighted by atomic mass is 10.0. The van der Waals surface area contributed by atoms with E-state index in [1.165, 1.54) is 19.3 Å². The summed E-state index contributed by atoms with van der Waals surface area (Å²) in [6, 6.07) is 0. The van der Waals surface area contributed by atoms with E-state index in [0.717, 1.165) is 51.1 Å². The molecule has 1 aromatic heterocycles. The summed E-state index contributed by atoms with van der Waals surface area (Å²) in [4.78, 5) is 34.0. The highest BCUT2D eigenvalue weighted by Crippen LogP contribution is 2.16. The zero-order valence-electron chi connectivity index (χ0n) is 15.0. The number of anilines is 1. The summed E-state index contributed by atoms with van der Waals surface area (Å²) in [5.41, 5.74) is 0.592. The molecule has 6 nitrogen and oxygen atoms in total. The number of Topliss-reactive ketones (excluding diaryl/α,β-unsaturated/α-hetero) is 2. The van der Waals surface area contributed by atoms with Crippen LogP contribution in [0.25, 0.3) is 0 Å². The van der Waals surface area contributed by atoms with Gasteiger partial charge in [0, 0.05) is 38.3 Å². The molecule has 1 aliphatic rings. The zero-order chi connectivity index (χ0) is 17.9. The smallest absolute Gasteiger partial charge is 0.225 e. The maximum absolute atomic E-state index is 12.2. The molecule has 0 amide bonds. The first-order valence-electron chi connectivity index (χ1n) is 9.43. The average Bonchev–Trinajstić information content (AvgIpc) is 2.67. The summed E-state index contributed by atoms with van der Waals surface area (Å²) in [7, 11) is 0. The van der Waals surface area contributed by atoms with E-state index in [4.69, 9.17) is 5.11 Å². The van der Waals surface area contributed by atoms with E-state index < -0.39 is 0 Å². The van der Waals surface area contributed by atoms with Gasteiger partial charge in [-0.2, -0.15) is 0 Å². The molecule has 0 unspecified atom stereocenters. The topological polar surface area (TPSA) is 83.4 Å². The number of hydrogen-bond donors (Lipinski definition) is 1. The van der Waals surface area contributed by atoms with Crippen LogP contribution < -0.4 is 4.90 Å². The minimum atomic E-state index is -0.354. The first kappa shape index (κ1) is 19.5. The van der Waals surface area contributed by atoms with E-state index in [2.05, 4.69) is 14.9 Å². The number of ketones is 2. The summed E-state index contributed by atoms with van der Waals surface area (Å²) in [5, 5.41) is 8.64. The molecule has 2 rings (SSSR count). The van der Waals surface area contributed by atoms with Gasteiger partial charge in [-0.1, -0.05) is 19.3 Å². The molecule has 138 valence electrons. The highest BCUT2D eigenvalue weighted by molar-refractivity contribution is 5.95. The minimum Gasteiger partial charge on any atom is -0.389 e. The fourth-order valence-electron chi connectivity index (χ4n) is 3.08. The minimum absolute atomic E-state index is 0.0943. The molecule has 6 heteroatoms. The second-order valence-electron chi connectivity index (χ2n) is 6.71. The van der Waals surface area contributed by atoms with Crippen LogP contribution in [-0.4, -0.2) is 46.3 Å². The number of carbonyl (C=O) groups excluding carboxylic acids is 2. The number of rotatable bonds is 11. The van der Waals surface area contributed by atoms with Crippen molar-refractivity contribution in [2.45, 2.75) is 64.2 Å². The van der Waals surface area contributed by atoms with Crippen molar-refractivity contribution in [3.63, 3.8) is 0 Å². The number of carbonyl (C=O) groups is 2. The van der Waals surface area contributed by atoms with E-state index in [1.54, 1.807) is 12.4 Å². The van der Waals surface area contributed by atoms with Crippen LogP contribution in [0.1, 0.15) is 74.6 Å². The predicted octanol–water partition coefficient (Wildman–Crippen LogP) is 2.94. The maximum atomic E-state index is 12.2. The Labute approximate surface area is 149 Å². The third kappa shape index (κ3) is 6.90. The summed E-state index contributed by atoms with van der Waals surface area (Å²) in [6.07, 6.45) is 12.5. The molecule has 1 aromatic rings. The standard InChI is InChI=1S/C19H29N3O3/c23-15-17(24)9-5-2-1-3-6-10-18(25)16-13-20-19(21-14-16)22-11-7-4-8-12-22/h13-14,23H,1-12,15H2. The number of piperidine rings is 1. The van der Waals surface area contributed by atoms with Crippen LogP contribution in [-0.2, 0) is 4.79 Å². The molecule has 0 spiro atoms. The van der Waals surface area contributed by atoms with Crippen LogP contribution in [0.3, 0.4) is 0 Å². The Balaban J connectivity index is 1.63. The molecule has 25 heavy (non-hydrogen) atoms. The lowest BCUT2D eigenvalue weighted by Crippen LogP contribution is -2.31. The summed E-state index contributed by atoms with van der Waals surface area (Å²) >= 11 is 0. The van der Waals surface area contributed by atoms with E-state index >= 15 is 0 Å². The molecule has 0 aromatic carbocycles. The van der Waals surface area contributed by atoms with Gasteiger partial charge in [-0.05, 0) is 32.1 Å². The van der Waals surface area contributed by atoms with Crippen LogP contribution in [0, 0.1) is 0 Å². The largest absolute Gasteiger partial charge is 0.389 e.